The van der Waals surface area contributed by atoms with E-state index < -0.39 is 13.4 Å². The molecule has 0 aromatic heterocycles. The topological polar surface area (TPSA) is 44.8 Å². The Bertz CT molecular complexity index is 393. The maximum Gasteiger partial charge on any atom is 0.475 e. The Morgan fingerprint density at radius 1 is 1.06 bits per heavy atom. The first-order chi connectivity index (χ1) is 8.43. The Balaban J connectivity index is 2.89. The van der Waals surface area contributed by atoms with Gasteiger partial charge in [0, 0.05) is 0 Å². The van der Waals surface area contributed by atoms with E-state index in [1.807, 2.05) is 44.2 Å². The molecule has 18 heavy (non-hydrogen) atoms. The molecule has 0 unspecified atom stereocenters. The van der Waals surface area contributed by atoms with E-state index in [4.69, 9.17) is 13.6 Å². The first kappa shape index (κ1) is 15.4. The smallest absolute Gasteiger partial charge is 0.287 e. The largest absolute Gasteiger partial charge is 0.475 e. The van der Waals surface area contributed by atoms with Gasteiger partial charge in [-0.15, -0.1) is 0 Å². The second kappa shape index (κ2) is 6.48. The molecular weight excluding hydrogens is 251 g/mol. The van der Waals surface area contributed by atoms with Crippen molar-refractivity contribution in [2.24, 2.45) is 0 Å². The molecule has 1 aromatic carbocycles. The molecule has 0 aliphatic heterocycles. The molecule has 0 saturated carbocycles. The normalized spacial score (nSPS) is 12.7. The molecule has 0 saturated heterocycles. The van der Waals surface area contributed by atoms with E-state index in [0.717, 1.165) is 5.56 Å². The molecule has 1 aromatic rings. The van der Waals surface area contributed by atoms with Crippen LogP contribution in [0.5, 0.6) is 0 Å². The van der Waals surface area contributed by atoms with Crippen molar-refractivity contribution in [3.8, 4) is 0 Å². The minimum Gasteiger partial charge on any atom is -0.287 e. The molecule has 0 spiro atoms. The number of hydrogen-bond donors (Lipinski definition) is 0. The minimum atomic E-state index is -3.51. The highest BCUT2D eigenvalue weighted by Crippen LogP contribution is 2.54. The van der Waals surface area contributed by atoms with E-state index in [9.17, 15) is 4.57 Å². The lowest BCUT2D eigenvalue weighted by Gasteiger charge is -2.29. The second-order valence-electron chi connectivity index (χ2n) is 4.25. The van der Waals surface area contributed by atoms with Crippen LogP contribution in [0.2, 0.25) is 0 Å². The van der Waals surface area contributed by atoms with Gasteiger partial charge in [0.05, 0.1) is 18.8 Å². The van der Waals surface area contributed by atoms with Crippen molar-refractivity contribution in [3.05, 3.63) is 35.9 Å². The summed E-state index contributed by atoms with van der Waals surface area (Å²) in [6.07, 6.45) is 0. The summed E-state index contributed by atoms with van der Waals surface area (Å²) in [6, 6.07) is 9.58. The van der Waals surface area contributed by atoms with Crippen molar-refractivity contribution >= 4 is 7.82 Å². The van der Waals surface area contributed by atoms with E-state index in [1.165, 1.54) is 0 Å². The molecule has 0 radical (unpaired) electrons. The molecule has 0 bridgehead atoms. The highest BCUT2D eigenvalue weighted by Gasteiger charge is 2.35. The Labute approximate surface area is 109 Å². The fourth-order valence-electron chi connectivity index (χ4n) is 1.58. The predicted octanol–water partition coefficient (Wildman–Crippen LogP) is 4.12. The third kappa shape index (κ3) is 4.21. The molecule has 4 nitrogen and oxygen atoms in total. The fraction of sp³-hybridized carbons (Fsp3) is 0.538. The monoisotopic (exact) mass is 272 g/mol. The van der Waals surface area contributed by atoms with E-state index in [0.29, 0.717) is 0 Å². The van der Waals surface area contributed by atoms with Crippen molar-refractivity contribution in [1.82, 2.24) is 0 Å². The molecule has 0 N–H and O–H groups in total. The summed E-state index contributed by atoms with van der Waals surface area (Å²) >= 11 is 0. The lowest BCUT2D eigenvalue weighted by atomic mass is 9.99. The summed E-state index contributed by atoms with van der Waals surface area (Å²) in [6.45, 7) is 7.75. The van der Waals surface area contributed by atoms with Gasteiger partial charge in [-0.1, -0.05) is 30.3 Å². The van der Waals surface area contributed by atoms with Crippen LogP contribution in [0.1, 0.15) is 33.3 Å². The quantitative estimate of drug-likeness (QED) is 0.700. The fourth-order valence-corrected chi connectivity index (χ4v) is 3.05. The summed E-state index contributed by atoms with van der Waals surface area (Å²) in [4.78, 5) is 0. The van der Waals surface area contributed by atoms with Crippen LogP contribution in [0.4, 0.5) is 0 Å². The lowest BCUT2D eigenvalue weighted by Crippen LogP contribution is -2.21. The number of phosphoric ester groups is 1. The third-order valence-electron chi connectivity index (χ3n) is 2.38. The van der Waals surface area contributed by atoms with E-state index in [2.05, 4.69) is 0 Å². The van der Waals surface area contributed by atoms with Crippen LogP contribution in [0.25, 0.3) is 0 Å². The zero-order valence-electron chi connectivity index (χ0n) is 11.4. The highest BCUT2D eigenvalue weighted by atomic mass is 31.2. The standard InChI is InChI=1S/C13H21O4P/c1-5-15-18(14,16-6-2)17-13(3,4)12-10-8-7-9-11-12/h7-11H,5-6H2,1-4H3. The molecule has 5 heteroatoms. The van der Waals surface area contributed by atoms with Crippen molar-refractivity contribution in [3.63, 3.8) is 0 Å². The van der Waals surface area contributed by atoms with Gasteiger partial charge in [0.1, 0.15) is 0 Å². The molecule has 1 rings (SSSR count). The zero-order chi connectivity index (χ0) is 13.6. The van der Waals surface area contributed by atoms with Gasteiger partial charge in [-0.2, -0.15) is 0 Å². The van der Waals surface area contributed by atoms with Crippen LogP contribution in [0, 0.1) is 0 Å². The maximum absolute atomic E-state index is 12.3. The van der Waals surface area contributed by atoms with E-state index in [-0.39, 0.29) is 13.2 Å². The predicted molar refractivity (Wildman–Crippen MR) is 71.4 cm³/mol. The first-order valence-electron chi connectivity index (χ1n) is 6.09. The third-order valence-corrected chi connectivity index (χ3v) is 4.21. The van der Waals surface area contributed by atoms with Crippen LogP contribution < -0.4 is 0 Å². The van der Waals surface area contributed by atoms with E-state index >= 15 is 0 Å². The molecule has 0 heterocycles. The molecular formula is C13H21O4P. The summed E-state index contributed by atoms with van der Waals surface area (Å²) in [5, 5.41) is 0. The summed E-state index contributed by atoms with van der Waals surface area (Å²) in [5.41, 5.74) is 0.186. The maximum atomic E-state index is 12.3. The summed E-state index contributed by atoms with van der Waals surface area (Å²) < 4.78 is 28.2. The van der Waals surface area contributed by atoms with E-state index in [1.54, 1.807) is 13.8 Å². The molecule has 0 aliphatic rings. The molecule has 0 aliphatic carbocycles. The summed E-state index contributed by atoms with van der Waals surface area (Å²) in [7, 11) is -3.51. The number of hydrogen-bond acceptors (Lipinski definition) is 4. The van der Waals surface area contributed by atoms with Gasteiger partial charge in [0.2, 0.25) is 0 Å². The van der Waals surface area contributed by atoms with Gasteiger partial charge < -0.3 is 0 Å². The van der Waals surface area contributed by atoms with Crippen LogP contribution in [0.15, 0.2) is 30.3 Å². The molecule has 0 amide bonds. The number of rotatable bonds is 7. The molecule has 102 valence electrons. The minimum absolute atomic E-state index is 0.280. The van der Waals surface area contributed by atoms with Crippen molar-refractivity contribution in [1.29, 1.82) is 0 Å². The highest BCUT2D eigenvalue weighted by molar-refractivity contribution is 7.48. The number of benzene rings is 1. The Kier molecular flexibility index (Phi) is 5.54. The van der Waals surface area contributed by atoms with Crippen molar-refractivity contribution < 1.29 is 18.1 Å². The Morgan fingerprint density at radius 2 is 1.56 bits per heavy atom. The SMILES string of the molecule is CCOP(=O)(OCC)OC(C)(C)c1ccccc1. The van der Waals surface area contributed by atoms with Crippen LogP contribution >= 0.6 is 7.82 Å². The summed E-state index contributed by atoms with van der Waals surface area (Å²) in [5.74, 6) is 0. The Hall–Kier alpha value is -0.670. The average molecular weight is 272 g/mol. The first-order valence-corrected chi connectivity index (χ1v) is 7.55. The number of phosphoric acid groups is 1. The van der Waals surface area contributed by atoms with Crippen molar-refractivity contribution in [2.45, 2.75) is 33.3 Å². The van der Waals surface area contributed by atoms with Gasteiger partial charge >= 0.3 is 7.82 Å². The van der Waals surface area contributed by atoms with Crippen molar-refractivity contribution in [2.75, 3.05) is 13.2 Å². The van der Waals surface area contributed by atoms with Gasteiger partial charge in [-0.05, 0) is 33.3 Å². The molecule has 0 atom stereocenters. The van der Waals surface area contributed by atoms with Gasteiger partial charge in [0.25, 0.3) is 0 Å². The Morgan fingerprint density at radius 3 is 2.00 bits per heavy atom. The molecule has 0 fully saturated rings. The van der Waals surface area contributed by atoms with Gasteiger partial charge in [0.15, 0.2) is 0 Å². The average Bonchev–Trinajstić information content (AvgIpc) is 2.29. The van der Waals surface area contributed by atoms with Crippen LogP contribution in [-0.4, -0.2) is 13.2 Å². The van der Waals surface area contributed by atoms with Gasteiger partial charge in [-0.3, -0.25) is 13.6 Å². The second-order valence-corrected chi connectivity index (χ2v) is 5.84. The van der Waals surface area contributed by atoms with Gasteiger partial charge in [-0.25, -0.2) is 4.57 Å². The zero-order valence-corrected chi connectivity index (χ0v) is 12.3. The van der Waals surface area contributed by atoms with Crippen LogP contribution in [0.3, 0.4) is 0 Å². The van der Waals surface area contributed by atoms with Crippen LogP contribution in [-0.2, 0) is 23.7 Å². The lowest BCUT2D eigenvalue weighted by molar-refractivity contribution is 0.0332.